The van der Waals surface area contributed by atoms with Crippen LogP contribution in [0.25, 0.3) is 0 Å². The second kappa shape index (κ2) is 11.8. The summed E-state index contributed by atoms with van der Waals surface area (Å²) < 4.78 is 42.4. The van der Waals surface area contributed by atoms with E-state index in [2.05, 4.69) is 18.7 Å². The van der Waals surface area contributed by atoms with Gasteiger partial charge in [0, 0.05) is 23.9 Å². The average Bonchev–Trinajstić information content (AvgIpc) is 3.44. The molecule has 0 aromatic heterocycles. The van der Waals surface area contributed by atoms with Gasteiger partial charge in [0.1, 0.15) is 17.3 Å². The zero-order valence-corrected chi connectivity index (χ0v) is 24.2. The smallest absolute Gasteiger partial charge is 0.231 e. The highest BCUT2D eigenvalue weighted by Gasteiger charge is 2.32. The van der Waals surface area contributed by atoms with E-state index in [9.17, 15) is 13.2 Å². The Labute approximate surface area is 241 Å². The topological polar surface area (TPSA) is 82.1 Å². The number of benzene rings is 4. The molecule has 0 radical (unpaired) electrons. The Morgan fingerprint density at radius 2 is 1.51 bits per heavy atom. The summed E-state index contributed by atoms with van der Waals surface area (Å²) in [6.07, 6.45) is 1.12. The van der Waals surface area contributed by atoms with Crippen molar-refractivity contribution >= 4 is 15.6 Å². The fourth-order valence-corrected chi connectivity index (χ4v) is 5.64. The summed E-state index contributed by atoms with van der Waals surface area (Å²) in [6.45, 7) is 5.08. The number of rotatable bonds is 11. The van der Waals surface area contributed by atoms with E-state index in [1.165, 1.54) is 6.07 Å². The molecule has 0 aliphatic carbocycles. The third-order valence-corrected chi connectivity index (χ3v) is 8.44. The van der Waals surface area contributed by atoms with Crippen LogP contribution in [0.4, 0.5) is 0 Å². The first-order valence-corrected chi connectivity index (χ1v) is 15.2. The van der Waals surface area contributed by atoms with Crippen LogP contribution in [0.5, 0.6) is 17.2 Å². The molecule has 8 heteroatoms. The van der Waals surface area contributed by atoms with Crippen LogP contribution in [0.1, 0.15) is 40.9 Å². The maximum absolute atomic E-state index is 13.8. The van der Waals surface area contributed by atoms with Gasteiger partial charge in [0.25, 0.3) is 0 Å². The van der Waals surface area contributed by atoms with Gasteiger partial charge in [-0.15, -0.1) is 0 Å². The minimum atomic E-state index is -3.66. The van der Waals surface area contributed by atoms with Crippen LogP contribution in [0.15, 0.2) is 102 Å². The number of hydrogen-bond acceptors (Lipinski definition) is 7. The van der Waals surface area contributed by atoms with Crippen molar-refractivity contribution in [3.8, 4) is 17.2 Å². The Morgan fingerprint density at radius 1 is 0.854 bits per heavy atom. The van der Waals surface area contributed by atoms with Crippen LogP contribution in [0, 0.1) is 0 Å². The van der Waals surface area contributed by atoms with E-state index < -0.39 is 15.4 Å². The first kappa shape index (κ1) is 28.4. The summed E-state index contributed by atoms with van der Waals surface area (Å²) in [5.74, 6) is 1.38. The molecule has 1 heterocycles. The monoisotopic (exact) mass is 571 g/mol. The highest BCUT2D eigenvalue weighted by Crippen LogP contribution is 2.38. The van der Waals surface area contributed by atoms with Crippen molar-refractivity contribution in [1.29, 1.82) is 0 Å². The molecular formula is C33H33NO6S. The molecule has 1 aliphatic heterocycles. The zero-order valence-electron chi connectivity index (χ0n) is 23.4. The lowest BCUT2D eigenvalue weighted by atomic mass is 9.90. The summed E-state index contributed by atoms with van der Waals surface area (Å²) >= 11 is 0. The van der Waals surface area contributed by atoms with Crippen LogP contribution in [0.3, 0.4) is 0 Å². The van der Waals surface area contributed by atoms with Crippen molar-refractivity contribution in [1.82, 2.24) is 4.90 Å². The fraction of sp³-hybridized carbons (Fsp3) is 0.242. The van der Waals surface area contributed by atoms with Gasteiger partial charge in [-0.2, -0.15) is 0 Å². The lowest BCUT2D eigenvalue weighted by molar-refractivity contribution is 0.0745. The van der Waals surface area contributed by atoms with Crippen molar-refractivity contribution in [2.75, 3.05) is 19.6 Å². The normalized spacial score (nSPS) is 12.9. The molecule has 0 spiro atoms. The summed E-state index contributed by atoms with van der Waals surface area (Å²) in [7, 11) is -3.66. The first-order chi connectivity index (χ1) is 19.6. The highest BCUT2D eigenvalue weighted by atomic mass is 32.2. The molecule has 4 aromatic carbocycles. The summed E-state index contributed by atoms with van der Waals surface area (Å²) in [6, 6.07) is 29.9. The van der Waals surface area contributed by atoms with Gasteiger partial charge in [-0.3, -0.25) is 9.69 Å². The number of fused-ring (bicyclic) bond motifs is 1. The zero-order chi connectivity index (χ0) is 29.0. The van der Waals surface area contributed by atoms with Crippen molar-refractivity contribution in [2.45, 2.75) is 37.4 Å². The predicted octanol–water partition coefficient (Wildman–Crippen LogP) is 6.02. The second-order valence-electron chi connectivity index (χ2n) is 10.6. The molecule has 212 valence electrons. The van der Waals surface area contributed by atoms with E-state index in [1.54, 1.807) is 12.1 Å². The van der Waals surface area contributed by atoms with Crippen molar-refractivity contribution < 1.29 is 27.4 Å². The van der Waals surface area contributed by atoms with E-state index in [0.29, 0.717) is 23.6 Å². The van der Waals surface area contributed by atoms with E-state index in [4.69, 9.17) is 14.2 Å². The Bertz CT molecular complexity index is 1640. The molecule has 0 N–H and O–H groups in total. The van der Waals surface area contributed by atoms with Gasteiger partial charge in [-0.05, 0) is 60.9 Å². The maximum atomic E-state index is 13.8. The second-order valence-corrected chi connectivity index (χ2v) is 12.6. The van der Waals surface area contributed by atoms with Crippen LogP contribution in [-0.2, 0) is 28.5 Å². The van der Waals surface area contributed by atoms with Gasteiger partial charge in [-0.25, -0.2) is 8.42 Å². The van der Waals surface area contributed by atoms with E-state index in [-0.39, 0.29) is 36.4 Å². The van der Waals surface area contributed by atoms with E-state index >= 15 is 0 Å². The Morgan fingerprint density at radius 3 is 2.20 bits per heavy atom. The average molecular weight is 572 g/mol. The molecule has 0 fully saturated rings. The van der Waals surface area contributed by atoms with Crippen LogP contribution in [0.2, 0.25) is 0 Å². The van der Waals surface area contributed by atoms with Crippen LogP contribution < -0.4 is 14.2 Å². The lowest BCUT2D eigenvalue weighted by Crippen LogP contribution is -2.44. The highest BCUT2D eigenvalue weighted by molar-refractivity contribution is 7.90. The fourth-order valence-electron chi connectivity index (χ4n) is 4.81. The molecule has 0 saturated heterocycles. The minimum absolute atomic E-state index is 0.0103. The minimum Gasteiger partial charge on any atom is -0.488 e. The SMILES string of the molecule is CC(C)(c1ccc2c(c1)OCO2)N(CC(=O)c1ccc(OCc2ccccc2)c(S(C)(=O)=O)c1)Cc1ccccc1. The number of ether oxygens (including phenoxy) is 3. The van der Waals surface area contributed by atoms with Crippen molar-refractivity contribution in [3.63, 3.8) is 0 Å². The number of Topliss-reactive ketones (excluding diaryl/α,β-unsaturated/α-hetero) is 1. The van der Waals surface area contributed by atoms with Crippen molar-refractivity contribution in [3.05, 3.63) is 119 Å². The molecule has 0 bridgehead atoms. The number of carbonyl (C=O) groups is 1. The summed E-state index contributed by atoms with van der Waals surface area (Å²) in [5.41, 5.74) is 2.65. The van der Waals surface area contributed by atoms with Crippen molar-refractivity contribution in [2.24, 2.45) is 0 Å². The maximum Gasteiger partial charge on any atom is 0.231 e. The summed E-state index contributed by atoms with van der Waals surface area (Å²) in [4.78, 5) is 15.8. The first-order valence-electron chi connectivity index (χ1n) is 13.3. The number of hydrogen-bond donors (Lipinski definition) is 0. The molecule has 1 aliphatic rings. The Balaban J connectivity index is 1.43. The number of ketones is 1. The standard InChI is InChI=1S/C33H33NO6S/c1-33(2,27-15-17-29-31(19-27)40-23-39-29)34(20-24-10-6-4-7-11-24)21-28(35)26-14-16-30(32(18-26)41(3,36)37)38-22-25-12-8-5-9-13-25/h4-19H,20-23H2,1-3H3. The van der Waals surface area contributed by atoms with E-state index in [0.717, 1.165) is 22.9 Å². The van der Waals surface area contributed by atoms with Crippen LogP contribution in [-0.4, -0.2) is 38.7 Å². The quantitative estimate of drug-likeness (QED) is 0.204. The van der Waals surface area contributed by atoms with Crippen LogP contribution >= 0.6 is 0 Å². The van der Waals surface area contributed by atoms with Gasteiger partial charge >= 0.3 is 0 Å². The molecular weight excluding hydrogens is 538 g/mol. The third-order valence-electron chi connectivity index (χ3n) is 7.32. The van der Waals surface area contributed by atoms with Gasteiger partial charge in [-0.1, -0.05) is 66.7 Å². The molecule has 0 amide bonds. The number of nitrogens with zero attached hydrogens (tertiary/aromatic N) is 1. The molecule has 0 saturated carbocycles. The number of sulfone groups is 1. The molecule has 41 heavy (non-hydrogen) atoms. The third kappa shape index (κ3) is 6.61. The number of carbonyl (C=O) groups excluding carboxylic acids is 1. The van der Waals surface area contributed by atoms with Gasteiger partial charge in [0.15, 0.2) is 27.1 Å². The largest absolute Gasteiger partial charge is 0.488 e. The molecule has 0 unspecified atom stereocenters. The Kier molecular flexibility index (Phi) is 8.15. The molecule has 4 aromatic rings. The summed E-state index contributed by atoms with van der Waals surface area (Å²) in [5, 5.41) is 0. The lowest BCUT2D eigenvalue weighted by Gasteiger charge is -2.39. The predicted molar refractivity (Wildman–Crippen MR) is 157 cm³/mol. The van der Waals surface area contributed by atoms with E-state index in [1.807, 2.05) is 78.9 Å². The van der Waals surface area contributed by atoms with Gasteiger partial charge in [0.05, 0.1) is 6.54 Å². The van der Waals surface area contributed by atoms with Gasteiger partial charge in [0.2, 0.25) is 6.79 Å². The molecule has 7 nitrogen and oxygen atoms in total. The van der Waals surface area contributed by atoms with Gasteiger partial charge < -0.3 is 14.2 Å². The Hall–Kier alpha value is -4.14. The molecule has 0 atom stereocenters. The molecule has 5 rings (SSSR count).